The van der Waals surface area contributed by atoms with Crippen molar-refractivity contribution in [3.63, 3.8) is 0 Å². The van der Waals surface area contributed by atoms with E-state index in [1.807, 2.05) is 37.3 Å². The summed E-state index contributed by atoms with van der Waals surface area (Å²) in [7, 11) is 0. The van der Waals surface area contributed by atoms with Crippen LogP contribution in [0.2, 0.25) is 0 Å². The van der Waals surface area contributed by atoms with Crippen LogP contribution in [0.15, 0.2) is 54.6 Å². The van der Waals surface area contributed by atoms with Gasteiger partial charge in [-0.1, -0.05) is 36.4 Å². The molecule has 0 radical (unpaired) electrons. The van der Waals surface area contributed by atoms with E-state index in [4.69, 9.17) is 4.74 Å². The van der Waals surface area contributed by atoms with Crippen LogP contribution in [-0.2, 0) is 6.42 Å². The summed E-state index contributed by atoms with van der Waals surface area (Å²) in [5.74, 6) is 0.658. The molecule has 2 rings (SSSR count). The number of benzene rings is 2. The Hall–Kier alpha value is -2.29. The second-order valence-corrected chi connectivity index (χ2v) is 4.47. The van der Waals surface area contributed by atoms with E-state index < -0.39 is 0 Å². The molecule has 104 valence electrons. The molecule has 0 bridgehead atoms. The fraction of sp³-hybridized carbons (Fsp3) is 0.235. The molecule has 0 aliphatic heterocycles. The molecule has 20 heavy (non-hydrogen) atoms. The summed E-state index contributed by atoms with van der Waals surface area (Å²) in [6, 6.07) is 17.5. The van der Waals surface area contributed by atoms with E-state index in [2.05, 4.69) is 17.4 Å². The first-order chi connectivity index (χ1) is 9.79. The van der Waals surface area contributed by atoms with Gasteiger partial charge >= 0.3 is 0 Å². The van der Waals surface area contributed by atoms with Crippen molar-refractivity contribution in [2.75, 3.05) is 13.2 Å². The van der Waals surface area contributed by atoms with E-state index in [1.54, 1.807) is 12.1 Å². The highest BCUT2D eigenvalue weighted by Gasteiger charge is 2.05. The highest BCUT2D eigenvalue weighted by Crippen LogP contribution is 2.14. The van der Waals surface area contributed by atoms with Crippen molar-refractivity contribution in [3.05, 3.63) is 65.7 Å². The Morgan fingerprint density at radius 1 is 1.10 bits per heavy atom. The zero-order chi connectivity index (χ0) is 14.2. The van der Waals surface area contributed by atoms with E-state index in [1.165, 1.54) is 5.56 Å². The second-order valence-electron chi connectivity index (χ2n) is 4.47. The van der Waals surface area contributed by atoms with Crippen molar-refractivity contribution in [1.29, 1.82) is 0 Å². The SMILES string of the molecule is CCNC(=O)c1cccc(OCCc2ccccc2)c1. The average Bonchev–Trinajstić information content (AvgIpc) is 2.49. The van der Waals surface area contributed by atoms with Gasteiger partial charge in [-0.05, 0) is 30.7 Å². The number of ether oxygens (including phenoxy) is 1. The molecule has 0 aliphatic carbocycles. The molecule has 3 nitrogen and oxygen atoms in total. The summed E-state index contributed by atoms with van der Waals surface area (Å²) in [6.45, 7) is 3.12. The molecule has 0 aliphatic rings. The Morgan fingerprint density at radius 2 is 1.90 bits per heavy atom. The maximum absolute atomic E-state index is 11.7. The quantitative estimate of drug-likeness (QED) is 0.875. The van der Waals surface area contributed by atoms with Gasteiger partial charge in [0.05, 0.1) is 6.61 Å². The van der Waals surface area contributed by atoms with Crippen LogP contribution in [0, 0.1) is 0 Å². The van der Waals surface area contributed by atoms with Gasteiger partial charge in [0.1, 0.15) is 5.75 Å². The van der Waals surface area contributed by atoms with Crippen LogP contribution in [0.25, 0.3) is 0 Å². The first-order valence-corrected chi connectivity index (χ1v) is 6.84. The lowest BCUT2D eigenvalue weighted by molar-refractivity contribution is 0.0955. The molecular formula is C17H19NO2. The van der Waals surface area contributed by atoms with Gasteiger partial charge in [0, 0.05) is 18.5 Å². The van der Waals surface area contributed by atoms with Gasteiger partial charge in [0.2, 0.25) is 0 Å². The average molecular weight is 269 g/mol. The Morgan fingerprint density at radius 3 is 2.65 bits per heavy atom. The molecule has 0 atom stereocenters. The van der Waals surface area contributed by atoms with Crippen molar-refractivity contribution < 1.29 is 9.53 Å². The van der Waals surface area contributed by atoms with Crippen LogP contribution in [0.3, 0.4) is 0 Å². The van der Waals surface area contributed by atoms with Crippen molar-refractivity contribution >= 4 is 5.91 Å². The molecule has 2 aromatic carbocycles. The van der Waals surface area contributed by atoms with E-state index in [0.29, 0.717) is 18.7 Å². The predicted octanol–water partition coefficient (Wildman–Crippen LogP) is 3.06. The minimum Gasteiger partial charge on any atom is -0.493 e. The number of amides is 1. The summed E-state index contributed by atoms with van der Waals surface area (Å²) >= 11 is 0. The third-order valence-corrected chi connectivity index (χ3v) is 2.94. The molecule has 1 N–H and O–H groups in total. The topological polar surface area (TPSA) is 38.3 Å². The first-order valence-electron chi connectivity index (χ1n) is 6.84. The Balaban J connectivity index is 1.90. The number of rotatable bonds is 6. The van der Waals surface area contributed by atoms with Crippen LogP contribution in [0.5, 0.6) is 5.75 Å². The largest absolute Gasteiger partial charge is 0.493 e. The van der Waals surface area contributed by atoms with Gasteiger partial charge in [0.25, 0.3) is 5.91 Å². The normalized spacial score (nSPS) is 10.1. The number of hydrogen-bond donors (Lipinski definition) is 1. The summed E-state index contributed by atoms with van der Waals surface area (Å²) in [4.78, 5) is 11.7. The van der Waals surface area contributed by atoms with Crippen LogP contribution in [0.1, 0.15) is 22.8 Å². The van der Waals surface area contributed by atoms with Crippen molar-refractivity contribution in [2.45, 2.75) is 13.3 Å². The molecule has 3 heteroatoms. The smallest absolute Gasteiger partial charge is 0.251 e. The summed E-state index contributed by atoms with van der Waals surface area (Å²) in [5, 5.41) is 2.78. The molecule has 2 aromatic rings. The number of nitrogens with one attached hydrogen (secondary N) is 1. The van der Waals surface area contributed by atoms with Gasteiger partial charge in [-0.2, -0.15) is 0 Å². The van der Waals surface area contributed by atoms with Gasteiger partial charge in [0.15, 0.2) is 0 Å². The van der Waals surface area contributed by atoms with Gasteiger partial charge in [-0.3, -0.25) is 4.79 Å². The van der Waals surface area contributed by atoms with Crippen molar-refractivity contribution in [3.8, 4) is 5.75 Å². The standard InChI is InChI=1S/C17H19NO2/c1-2-18-17(19)15-9-6-10-16(13-15)20-12-11-14-7-4-3-5-8-14/h3-10,13H,2,11-12H2,1H3,(H,18,19). The molecule has 0 fully saturated rings. The summed E-state index contributed by atoms with van der Waals surface area (Å²) in [5.41, 5.74) is 1.87. The number of carbonyl (C=O) groups excluding carboxylic acids is 1. The Labute approximate surface area is 119 Å². The monoisotopic (exact) mass is 269 g/mol. The highest BCUT2D eigenvalue weighted by atomic mass is 16.5. The van der Waals surface area contributed by atoms with Gasteiger partial charge < -0.3 is 10.1 Å². The predicted molar refractivity (Wildman–Crippen MR) is 80.1 cm³/mol. The fourth-order valence-corrected chi connectivity index (χ4v) is 1.92. The molecule has 0 unspecified atom stereocenters. The molecular weight excluding hydrogens is 250 g/mol. The van der Waals surface area contributed by atoms with E-state index in [0.717, 1.165) is 12.2 Å². The zero-order valence-corrected chi connectivity index (χ0v) is 11.6. The Kier molecular flexibility index (Phi) is 5.18. The van der Waals surface area contributed by atoms with Crippen LogP contribution in [0.4, 0.5) is 0 Å². The molecule has 1 amide bonds. The van der Waals surface area contributed by atoms with Crippen molar-refractivity contribution in [1.82, 2.24) is 5.32 Å². The molecule has 0 saturated carbocycles. The number of hydrogen-bond acceptors (Lipinski definition) is 2. The van der Waals surface area contributed by atoms with Crippen LogP contribution in [-0.4, -0.2) is 19.1 Å². The van der Waals surface area contributed by atoms with E-state index in [-0.39, 0.29) is 5.91 Å². The Bertz CT molecular complexity index is 552. The molecule has 0 saturated heterocycles. The molecule has 0 heterocycles. The van der Waals surface area contributed by atoms with E-state index >= 15 is 0 Å². The lowest BCUT2D eigenvalue weighted by Gasteiger charge is -2.08. The fourth-order valence-electron chi connectivity index (χ4n) is 1.92. The van der Waals surface area contributed by atoms with Crippen LogP contribution >= 0.6 is 0 Å². The third kappa shape index (κ3) is 4.12. The minimum atomic E-state index is -0.0685. The maximum Gasteiger partial charge on any atom is 0.251 e. The second kappa shape index (κ2) is 7.34. The molecule has 0 aromatic heterocycles. The van der Waals surface area contributed by atoms with E-state index in [9.17, 15) is 4.79 Å². The zero-order valence-electron chi connectivity index (χ0n) is 11.6. The summed E-state index contributed by atoms with van der Waals surface area (Å²) in [6.07, 6.45) is 0.853. The maximum atomic E-state index is 11.7. The lowest BCUT2D eigenvalue weighted by Crippen LogP contribution is -2.22. The number of carbonyl (C=O) groups is 1. The molecule has 0 spiro atoms. The summed E-state index contributed by atoms with van der Waals surface area (Å²) < 4.78 is 5.70. The van der Waals surface area contributed by atoms with Gasteiger partial charge in [-0.15, -0.1) is 0 Å². The van der Waals surface area contributed by atoms with Crippen LogP contribution < -0.4 is 10.1 Å². The van der Waals surface area contributed by atoms with Crippen molar-refractivity contribution in [2.24, 2.45) is 0 Å². The van der Waals surface area contributed by atoms with Gasteiger partial charge in [-0.25, -0.2) is 0 Å². The lowest BCUT2D eigenvalue weighted by atomic mass is 10.2. The highest BCUT2D eigenvalue weighted by molar-refractivity contribution is 5.94. The first kappa shape index (κ1) is 14.1. The third-order valence-electron chi connectivity index (χ3n) is 2.94. The minimum absolute atomic E-state index is 0.0685.